The van der Waals surface area contributed by atoms with E-state index in [1.54, 1.807) is 0 Å². The first-order valence-corrected chi connectivity index (χ1v) is 8.95. The number of aryl methyl sites for hydroxylation is 2. The molecule has 2 heteroatoms. The van der Waals surface area contributed by atoms with Crippen LogP contribution in [0, 0.1) is 6.92 Å². The first kappa shape index (κ1) is 14.5. The quantitative estimate of drug-likeness (QED) is 0.516. The van der Waals surface area contributed by atoms with E-state index in [2.05, 4.69) is 68.5 Å². The van der Waals surface area contributed by atoms with E-state index in [-0.39, 0.29) is 0 Å². The van der Waals surface area contributed by atoms with Gasteiger partial charge < -0.3 is 4.57 Å². The van der Waals surface area contributed by atoms with Crippen LogP contribution in [0.2, 0.25) is 0 Å². The van der Waals surface area contributed by atoms with Crippen LogP contribution in [-0.2, 0) is 7.05 Å². The molecule has 0 saturated carbocycles. The maximum absolute atomic E-state index is 4.09. The van der Waals surface area contributed by atoms with Crippen molar-refractivity contribution in [2.75, 3.05) is 0 Å². The lowest BCUT2D eigenvalue weighted by Crippen LogP contribution is -1.99. The summed E-state index contributed by atoms with van der Waals surface area (Å²) < 4.78 is 2.27. The molecule has 0 saturated heterocycles. The van der Waals surface area contributed by atoms with Crippen LogP contribution in [0.5, 0.6) is 0 Å². The van der Waals surface area contributed by atoms with Gasteiger partial charge in [0, 0.05) is 44.5 Å². The molecule has 1 nitrogen and oxygen atoms in total. The van der Waals surface area contributed by atoms with Gasteiger partial charge in [-0.1, -0.05) is 37.8 Å². The number of aromatic nitrogens is 1. The van der Waals surface area contributed by atoms with Crippen molar-refractivity contribution in [2.45, 2.75) is 26.2 Å². The van der Waals surface area contributed by atoms with Gasteiger partial charge in [0.1, 0.15) is 0 Å². The zero-order valence-electron chi connectivity index (χ0n) is 13.9. The number of hydrogen-bond acceptors (Lipinski definition) is 1. The number of nitrogens with zero attached hydrogens (tertiary/aromatic N) is 1. The number of fused-ring (bicyclic) bond motifs is 2. The van der Waals surface area contributed by atoms with Crippen molar-refractivity contribution >= 4 is 34.4 Å². The highest BCUT2D eigenvalue weighted by molar-refractivity contribution is 7.13. The summed E-state index contributed by atoms with van der Waals surface area (Å²) in [4.78, 5) is 2.84. The molecule has 1 aliphatic rings. The molecule has 0 bridgehead atoms. The second kappa shape index (κ2) is 5.24. The summed E-state index contributed by atoms with van der Waals surface area (Å²) in [6.07, 6.45) is 7.74. The van der Waals surface area contributed by atoms with E-state index < -0.39 is 0 Å². The minimum Gasteiger partial charge on any atom is -0.344 e. The Bertz CT molecular complexity index is 952. The molecule has 0 N–H and O–H groups in total. The van der Waals surface area contributed by atoms with Crippen molar-refractivity contribution in [1.82, 2.24) is 4.57 Å². The first-order chi connectivity index (χ1) is 11.1. The molecule has 1 unspecified atom stereocenters. The largest absolute Gasteiger partial charge is 0.344 e. The van der Waals surface area contributed by atoms with Gasteiger partial charge in [-0.2, -0.15) is 0 Å². The molecule has 1 atom stereocenters. The summed E-state index contributed by atoms with van der Waals surface area (Å²) in [7, 11) is 2.14. The fourth-order valence-corrected chi connectivity index (χ4v) is 5.14. The van der Waals surface area contributed by atoms with Crippen LogP contribution >= 0.6 is 11.3 Å². The number of hydrogen-bond donors (Lipinski definition) is 0. The van der Waals surface area contributed by atoms with Crippen LogP contribution in [0.4, 0.5) is 0 Å². The van der Waals surface area contributed by atoms with Crippen LogP contribution in [0.15, 0.2) is 36.9 Å². The molecule has 2 heterocycles. The third-order valence-electron chi connectivity index (χ3n) is 5.00. The topological polar surface area (TPSA) is 4.93 Å². The van der Waals surface area contributed by atoms with Crippen LogP contribution < -0.4 is 0 Å². The Balaban J connectivity index is 2.15. The summed E-state index contributed by atoms with van der Waals surface area (Å²) in [5, 5.41) is 1.33. The van der Waals surface area contributed by atoms with E-state index in [9.17, 15) is 0 Å². The van der Waals surface area contributed by atoms with Gasteiger partial charge in [0.15, 0.2) is 0 Å². The van der Waals surface area contributed by atoms with Crippen LogP contribution in [0.25, 0.3) is 34.2 Å². The second-order valence-electron chi connectivity index (χ2n) is 6.39. The molecule has 0 aliphatic heterocycles. The number of allylic oxidation sites excluding steroid dienone is 1. The van der Waals surface area contributed by atoms with Gasteiger partial charge in [0.25, 0.3) is 0 Å². The molecule has 116 valence electrons. The average molecular weight is 319 g/mol. The molecular weight excluding hydrogens is 298 g/mol. The highest BCUT2D eigenvalue weighted by Crippen LogP contribution is 2.48. The molecule has 23 heavy (non-hydrogen) atoms. The number of benzene rings is 1. The molecule has 0 spiro atoms. The first-order valence-electron chi connectivity index (χ1n) is 8.13. The van der Waals surface area contributed by atoms with Crippen molar-refractivity contribution in [2.24, 2.45) is 7.05 Å². The fraction of sp³-hybridized carbons (Fsp3) is 0.238. The Hall–Kier alpha value is -2.06. The maximum atomic E-state index is 4.09. The van der Waals surface area contributed by atoms with E-state index in [1.807, 2.05) is 17.4 Å². The van der Waals surface area contributed by atoms with Crippen molar-refractivity contribution in [3.05, 3.63) is 57.9 Å². The molecule has 0 radical (unpaired) electrons. The van der Waals surface area contributed by atoms with Crippen LogP contribution in [0.1, 0.15) is 40.3 Å². The Kier molecular flexibility index (Phi) is 3.31. The highest BCUT2D eigenvalue weighted by Gasteiger charge is 2.26. The Morgan fingerprint density at radius 2 is 2.04 bits per heavy atom. The van der Waals surface area contributed by atoms with Crippen molar-refractivity contribution in [3.8, 4) is 11.1 Å². The lowest BCUT2D eigenvalue weighted by Gasteiger charge is -2.17. The number of rotatable bonds is 2. The van der Waals surface area contributed by atoms with Gasteiger partial charge in [0.2, 0.25) is 0 Å². The maximum Gasteiger partial charge on any atom is 0.0489 e. The Morgan fingerprint density at radius 3 is 2.83 bits per heavy atom. The summed E-state index contributed by atoms with van der Waals surface area (Å²) >= 11 is 1.92. The van der Waals surface area contributed by atoms with E-state index in [0.29, 0.717) is 5.92 Å². The summed E-state index contributed by atoms with van der Waals surface area (Å²) in [6.45, 7) is 8.69. The lowest BCUT2D eigenvalue weighted by atomic mass is 9.86. The predicted octanol–water partition coefficient (Wildman–Crippen LogP) is 6.38. The zero-order chi connectivity index (χ0) is 16.1. The van der Waals surface area contributed by atoms with Crippen LogP contribution in [-0.4, -0.2) is 4.57 Å². The minimum absolute atomic E-state index is 0.576. The van der Waals surface area contributed by atoms with Crippen molar-refractivity contribution in [3.63, 3.8) is 0 Å². The highest BCUT2D eigenvalue weighted by atomic mass is 32.1. The van der Waals surface area contributed by atoms with Gasteiger partial charge in [-0.05, 0) is 43.0 Å². The normalized spacial score (nSPS) is 16.7. The van der Waals surface area contributed by atoms with E-state index in [0.717, 1.165) is 6.42 Å². The molecule has 3 aromatic rings. The van der Waals surface area contributed by atoms with E-state index in [4.69, 9.17) is 0 Å². The monoisotopic (exact) mass is 319 g/mol. The van der Waals surface area contributed by atoms with Crippen molar-refractivity contribution < 1.29 is 0 Å². The Morgan fingerprint density at radius 1 is 1.26 bits per heavy atom. The SMILES string of the molecule is C=Cc1c(-c2c(C)sc3c2C(C)CC=C3)c2ccccc2n1C. The molecule has 1 aliphatic carbocycles. The molecule has 4 rings (SSSR count). The molecule has 2 aromatic heterocycles. The van der Waals surface area contributed by atoms with Crippen LogP contribution in [0.3, 0.4) is 0 Å². The Labute approximate surface area is 141 Å². The lowest BCUT2D eigenvalue weighted by molar-refractivity contribution is 0.778. The molecule has 0 fully saturated rings. The second-order valence-corrected chi connectivity index (χ2v) is 7.65. The molecule has 0 amide bonds. The number of thiophene rings is 1. The number of para-hydroxylation sites is 1. The van der Waals surface area contributed by atoms with Gasteiger partial charge in [-0.25, -0.2) is 0 Å². The van der Waals surface area contributed by atoms with Crippen molar-refractivity contribution in [1.29, 1.82) is 0 Å². The standard InChI is InChI=1S/C21H21NS/c1-5-16-21(15-10-6-7-11-17(15)22(16)4)20-14(3)23-18-12-8-9-13(2)19(18)20/h5-8,10-13H,1,9H2,2-4H3. The average Bonchev–Trinajstić information content (AvgIpc) is 3.02. The predicted molar refractivity (Wildman–Crippen MR) is 103 cm³/mol. The van der Waals surface area contributed by atoms with Gasteiger partial charge in [0.05, 0.1) is 0 Å². The fourth-order valence-electron chi connectivity index (χ4n) is 3.92. The minimum atomic E-state index is 0.576. The van der Waals surface area contributed by atoms with E-state index in [1.165, 1.54) is 43.0 Å². The van der Waals surface area contributed by atoms with Gasteiger partial charge >= 0.3 is 0 Å². The molecule has 1 aromatic carbocycles. The third-order valence-corrected chi connectivity index (χ3v) is 6.08. The van der Waals surface area contributed by atoms with Gasteiger partial charge in [-0.3, -0.25) is 0 Å². The summed E-state index contributed by atoms with van der Waals surface area (Å²) in [5.74, 6) is 0.576. The molecular formula is C21H21NS. The zero-order valence-corrected chi connectivity index (χ0v) is 14.7. The summed E-state index contributed by atoms with van der Waals surface area (Å²) in [5.41, 5.74) is 6.81. The summed E-state index contributed by atoms with van der Waals surface area (Å²) in [6, 6.07) is 8.68. The van der Waals surface area contributed by atoms with E-state index >= 15 is 0 Å². The van der Waals surface area contributed by atoms with Gasteiger partial charge in [-0.15, -0.1) is 11.3 Å². The third kappa shape index (κ3) is 1.98. The smallest absolute Gasteiger partial charge is 0.0489 e.